The first-order valence-corrected chi connectivity index (χ1v) is 8.22. The van der Waals surface area contributed by atoms with E-state index in [0.29, 0.717) is 11.3 Å². The second kappa shape index (κ2) is 5.90. The molecule has 1 aromatic carbocycles. The summed E-state index contributed by atoms with van der Waals surface area (Å²) in [5.41, 5.74) is 7.10. The Morgan fingerprint density at radius 1 is 1.25 bits per heavy atom. The molecule has 5 N–H and O–H groups in total. The maximum Gasteiger partial charge on any atom is 0.229 e. The van der Waals surface area contributed by atoms with Gasteiger partial charge in [-0.25, -0.2) is 13.6 Å². The molecule has 1 aliphatic carbocycles. The van der Waals surface area contributed by atoms with E-state index in [0.717, 1.165) is 19.3 Å². The molecule has 0 aromatic heterocycles. The highest BCUT2D eigenvalue weighted by atomic mass is 32.2. The number of hydrogen-bond donors (Lipinski definition) is 3. The lowest BCUT2D eigenvalue weighted by Gasteiger charge is -2.15. The number of primary sulfonamides is 1. The smallest absolute Gasteiger partial charge is 0.229 e. The van der Waals surface area contributed by atoms with Gasteiger partial charge in [0.2, 0.25) is 15.9 Å². The lowest BCUT2D eigenvalue weighted by atomic mass is 10.0. The predicted octanol–water partition coefficient (Wildman–Crippen LogP) is 0.541. The Balaban J connectivity index is 1.98. The monoisotopic (exact) mass is 297 g/mol. The Morgan fingerprint density at radius 3 is 2.40 bits per heavy atom. The highest BCUT2D eigenvalue weighted by Crippen LogP contribution is 2.25. The van der Waals surface area contributed by atoms with Gasteiger partial charge < -0.3 is 11.1 Å². The summed E-state index contributed by atoms with van der Waals surface area (Å²) >= 11 is 0. The van der Waals surface area contributed by atoms with Gasteiger partial charge in [0.05, 0.1) is 11.7 Å². The Hall–Kier alpha value is -1.44. The Bertz CT molecular complexity index is 583. The molecule has 1 amide bonds. The molecule has 0 saturated heterocycles. The Labute approximate surface area is 118 Å². The molecular weight excluding hydrogens is 278 g/mol. The number of benzene rings is 1. The summed E-state index contributed by atoms with van der Waals surface area (Å²) < 4.78 is 21.9. The van der Waals surface area contributed by atoms with Gasteiger partial charge in [0.1, 0.15) is 0 Å². The third-order valence-electron chi connectivity index (χ3n) is 3.50. The molecule has 1 aliphatic rings. The molecule has 0 aliphatic heterocycles. The minimum Gasteiger partial charge on any atom is -0.327 e. The maximum absolute atomic E-state index is 12.0. The number of nitrogens with one attached hydrogen (secondary N) is 1. The molecule has 1 aromatic rings. The van der Waals surface area contributed by atoms with Gasteiger partial charge in [-0.3, -0.25) is 4.79 Å². The molecule has 0 heterocycles. The maximum atomic E-state index is 12.0. The van der Waals surface area contributed by atoms with Gasteiger partial charge in [-0.15, -0.1) is 0 Å². The van der Waals surface area contributed by atoms with E-state index in [1.54, 1.807) is 24.3 Å². The SMILES string of the molecule is NC1CCCC1C(=O)Nc1ccc(CS(N)(=O)=O)cc1. The van der Waals surface area contributed by atoms with Crippen LogP contribution in [0.25, 0.3) is 0 Å². The largest absolute Gasteiger partial charge is 0.327 e. The molecule has 0 radical (unpaired) electrons. The average molecular weight is 297 g/mol. The molecule has 6 nitrogen and oxygen atoms in total. The standard InChI is InChI=1S/C13H19N3O3S/c14-12-3-1-2-11(12)13(17)16-10-6-4-9(5-7-10)8-20(15,18)19/h4-7,11-12H,1-3,8,14H2,(H,16,17)(H2,15,18,19). The van der Waals surface area contributed by atoms with Crippen LogP contribution in [0.1, 0.15) is 24.8 Å². The highest BCUT2D eigenvalue weighted by molar-refractivity contribution is 7.88. The fraction of sp³-hybridized carbons (Fsp3) is 0.462. The first-order valence-electron chi connectivity index (χ1n) is 6.51. The predicted molar refractivity (Wildman–Crippen MR) is 77.2 cm³/mol. The van der Waals surface area contributed by atoms with Gasteiger partial charge in [0.15, 0.2) is 0 Å². The van der Waals surface area contributed by atoms with Crippen LogP contribution in [0.15, 0.2) is 24.3 Å². The zero-order chi connectivity index (χ0) is 14.8. The van der Waals surface area contributed by atoms with Crippen LogP contribution in [-0.2, 0) is 20.6 Å². The Kier molecular flexibility index (Phi) is 4.42. The average Bonchev–Trinajstić information content (AvgIpc) is 2.76. The molecule has 20 heavy (non-hydrogen) atoms. The van der Waals surface area contributed by atoms with Crippen LogP contribution in [0.2, 0.25) is 0 Å². The lowest BCUT2D eigenvalue weighted by molar-refractivity contribution is -0.120. The number of carbonyl (C=O) groups excluding carboxylic acids is 1. The summed E-state index contributed by atoms with van der Waals surface area (Å²) in [4.78, 5) is 12.0. The van der Waals surface area contributed by atoms with Crippen molar-refractivity contribution in [3.63, 3.8) is 0 Å². The Morgan fingerprint density at radius 2 is 1.90 bits per heavy atom. The van der Waals surface area contributed by atoms with E-state index < -0.39 is 10.0 Å². The van der Waals surface area contributed by atoms with Crippen LogP contribution in [0.4, 0.5) is 5.69 Å². The molecule has 2 unspecified atom stereocenters. The molecule has 1 fully saturated rings. The van der Waals surface area contributed by atoms with E-state index in [9.17, 15) is 13.2 Å². The molecular formula is C13H19N3O3S. The number of hydrogen-bond acceptors (Lipinski definition) is 4. The summed E-state index contributed by atoms with van der Waals surface area (Å²) in [7, 11) is -3.54. The molecule has 1 saturated carbocycles. The van der Waals surface area contributed by atoms with E-state index >= 15 is 0 Å². The van der Waals surface area contributed by atoms with E-state index in [2.05, 4.69) is 5.32 Å². The first kappa shape index (κ1) is 15.0. The van der Waals surface area contributed by atoms with Crippen molar-refractivity contribution in [1.29, 1.82) is 0 Å². The van der Waals surface area contributed by atoms with Gasteiger partial charge in [0, 0.05) is 11.7 Å². The lowest BCUT2D eigenvalue weighted by Crippen LogP contribution is -2.34. The van der Waals surface area contributed by atoms with E-state index in [4.69, 9.17) is 10.9 Å². The summed E-state index contributed by atoms with van der Waals surface area (Å²) in [6.45, 7) is 0. The van der Waals surface area contributed by atoms with Crippen LogP contribution in [0.5, 0.6) is 0 Å². The number of amides is 1. The topological polar surface area (TPSA) is 115 Å². The summed E-state index contributed by atoms with van der Waals surface area (Å²) in [6.07, 6.45) is 2.68. The third kappa shape index (κ3) is 4.03. The van der Waals surface area contributed by atoms with Crippen molar-refractivity contribution in [1.82, 2.24) is 0 Å². The van der Waals surface area contributed by atoms with Crippen molar-refractivity contribution >= 4 is 21.6 Å². The summed E-state index contributed by atoms with van der Waals surface area (Å²) in [5.74, 6) is -0.428. The summed E-state index contributed by atoms with van der Waals surface area (Å²) in [6, 6.07) is 6.53. The van der Waals surface area contributed by atoms with Crippen molar-refractivity contribution in [2.75, 3.05) is 5.32 Å². The molecule has 7 heteroatoms. The third-order valence-corrected chi connectivity index (χ3v) is 4.23. The van der Waals surface area contributed by atoms with Crippen LogP contribution < -0.4 is 16.2 Å². The number of sulfonamides is 1. The van der Waals surface area contributed by atoms with Gasteiger partial charge >= 0.3 is 0 Å². The molecule has 2 atom stereocenters. The van der Waals surface area contributed by atoms with Crippen LogP contribution >= 0.6 is 0 Å². The highest BCUT2D eigenvalue weighted by Gasteiger charge is 2.30. The minimum absolute atomic E-state index is 0.0725. The van der Waals surface area contributed by atoms with Crippen LogP contribution in [0, 0.1) is 5.92 Å². The number of carbonyl (C=O) groups is 1. The van der Waals surface area contributed by atoms with Gasteiger partial charge in [-0.05, 0) is 30.5 Å². The number of anilines is 1. The fourth-order valence-corrected chi connectivity index (χ4v) is 3.12. The molecule has 2 rings (SSSR count). The van der Waals surface area contributed by atoms with Crippen molar-refractivity contribution in [2.24, 2.45) is 16.8 Å². The number of rotatable bonds is 4. The van der Waals surface area contributed by atoms with Gasteiger partial charge in [0.25, 0.3) is 0 Å². The van der Waals surface area contributed by atoms with E-state index in [1.807, 2.05) is 0 Å². The quantitative estimate of drug-likeness (QED) is 0.752. The normalized spacial score (nSPS) is 22.7. The summed E-state index contributed by atoms with van der Waals surface area (Å²) in [5, 5.41) is 7.78. The minimum atomic E-state index is -3.54. The van der Waals surface area contributed by atoms with Crippen molar-refractivity contribution in [2.45, 2.75) is 31.1 Å². The van der Waals surface area contributed by atoms with Gasteiger partial charge in [-0.2, -0.15) is 0 Å². The fourth-order valence-electron chi connectivity index (χ4n) is 2.47. The van der Waals surface area contributed by atoms with Gasteiger partial charge in [-0.1, -0.05) is 18.6 Å². The van der Waals surface area contributed by atoms with Crippen LogP contribution in [-0.4, -0.2) is 20.4 Å². The van der Waals surface area contributed by atoms with Crippen molar-refractivity contribution in [3.05, 3.63) is 29.8 Å². The van der Waals surface area contributed by atoms with E-state index in [-0.39, 0.29) is 23.6 Å². The van der Waals surface area contributed by atoms with Crippen molar-refractivity contribution in [3.8, 4) is 0 Å². The number of nitrogens with two attached hydrogens (primary N) is 2. The molecule has 110 valence electrons. The second-order valence-electron chi connectivity index (χ2n) is 5.19. The molecule has 0 bridgehead atoms. The second-order valence-corrected chi connectivity index (χ2v) is 6.81. The van der Waals surface area contributed by atoms with Crippen LogP contribution in [0.3, 0.4) is 0 Å². The van der Waals surface area contributed by atoms with Crippen molar-refractivity contribution < 1.29 is 13.2 Å². The zero-order valence-electron chi connectivity index (χ0n) is 11.1. The first-order chi connectivity index (χ1) is 9.35. The molecule has 0 spiro atoms. The zero-order valence-corrected chi connectivity index (χ0v) is 11.9. The van der Waals surface area contributed by atoms with E-state index in [1.165, 1.54) is 0 Å².